The van der Waals surface area contributed by atoms with Crippen molar-refractivity contribution < 1.29 is 4.74 Å². The number of amidine groups is 2. The number of anilines is 2. The number of methoxy groups -OCH3 is 1. The molecule has 0 spiro atoms. The zero-order chi connectivity index (χ0) is 23.1. The summed E-state index contributed by atoms with van der Waals surface area (Å²) >= 11 is 1.54. The summed E-state index contributed by atoms with van der Waals surface area (Å²) in [4.78, 5) is 7.30. The highest BCUT2D eigenvalue weighted by Crippen LogP contribution is 2.42. The molecule has 0 radical (unpaired) electrons. The molecule has 0 saturated heterocycles. The molecule has 0 amide bonds. The van der Waals surface area contributed by atoms with Crippen LogP contribution in [0.2, 0.25) is 0 Å². The molecular formula is C26H22N6OS. The Morgan fingerprint density at radius 3 is 2.21 bits per heavy atom. The molecule has 2 aliphatic rings. The molecule has 0 fully saturated rings. The van der Waals surface area contributed by atoms with Gasteiger partial charge in [0.15, 0.2) is 5.84 Å². The Kier molecular flexibility index (Phi) is 5.07. The standard InChI is InChI=1S/C26H22N6OS/c1-17-28-29-26(34-17)31-24(19-9-5-3-6-10-19)27-22-23(18-13-15-21(33-2)16-14-18)32(30-25(22)31)20-11-7-4-8-12-20/h3-16,22-23H,1-2H3/t22-,23+/m0/s1. The fraction of sp³-hybridized carbons (Fsp3) is 0.154. The first-order valence-corrected chi connectivity index (χ1v) is 11.8. The maximum Gasteiger partial charge on any atom is 0.219 e. The van der Waals surface area contributed by atoms with Crippen LogP contribution in [0, 0.1) is 6.92 Å². The number of fused-ring (bicyclic) bond motifs is 1. The number of hydrogen-bond donors (Lipinski definition) is 0. The van der Waals surface area contributed by atoms with Crippen molar-refractivity contribution in [2.24, 2.45) is 10.1 Å². The summed E-state index contributed by atoms with van der Waals surface area (Å²) < 4.78 is 5.39. The lowest BCUT2D eigenvalue weighted by Crippen LogP contribution is -2.35. The Morgan fingerprint density at radius 1 is 0.853 bits per heavy atom. The fourth-order valence-electron chi connectivity index (χ4n) is 4.39. The number of ether oxygens (including phenoxy) is 1. The third-order valence-corrected chi connectivity index (χ3v) is 6.78. The van der Waals surface area contributed by atoms with E-state index in [1.807, 2.05) is 55.5 Å². The van der Waals surface area contributed by atoms with Gasteiger partial charge in [0.25, 0.3) is 0 Å². The third kappa shape index (κ3) is 3.43. The number of nitrogens with zero attached hydrogens (tertiary/aromatic N) is 6. The Bertz CT molecular complexity index is 1370. The summed E-state index contributed by atoms with van der Waals surface area (Å²) in [7, 11) is 1.68. The van der Waals surface area contributed by atoms with Gasteiger partial charge in [0, 0.05) is 5.56 Å². The molecule has 0 saturated carbocycles. The smallest absolute Gasteiger partial charge is 0.219 e. The summed E-state index contributed by atoms with van der Waals surface area (Å²) in [6.45, 7) is 1.96. The van der Waals surface area contributed by atoms with Crippen LogP contribution in [-0.4, -0.2) is 35.0 Å². The molecular weight excluding hydrogens is 444 g/mol. The summed E-state index contributed by atoms with van der Waals surface area (Å²) in [6, 6.07) is 28.2. The van der Waals surface area contributed by atoms with Crippen molar-refractivity contribution in [2.45, 2.75) is 19.0 Å². The second kappa shape index (κ2) is 8.39. The van der Waals surface area contributed by atoms with E-state index in [9.17, 15) is 0 Å². The maximum absolute atomic E-state index is 5.39. The lowest BCUT2D eigenvalue weighted by atomic mass is 9.99. The predicted octanol–water partition coefficient (Wildman–Crippen LogP) is 5.07. The van der Waals surface area contributed by atoms with Gasteiger partial charge in [-0.3, -0.25) is 14.9 Å². The van der Waals surface area contributed by atoms with Gasteiger partial charge >= 0.3 is 0 Å². The highest BCUT2D eigenvalue weighted by molar-refractivity contribution is 7.15. The van der Waals surface area contributed by atoms with Gasteiger partial charge in [-0.25, -0.2) is 0 Å². The van der Waals surface area contributed by atoms with Crippen molar-refractivity contribution in [1.29, 1.82) is 0 Å². The Hall–Kier alpha value is -4.04. The molecule has 8 heteroatoms. The number of rotatable bonds is 5. The van der Waals surface area contributed by atoms with Crippen molar-refractivity contribution in [1.82, 2.24) is 10.2 Å². The Morgan fingerprint density at radius 2 is 1.56 bits per heavy atom. The second-order valence-electron chi connectivity index (χ2n) is 8.06. The minimum absolute atomic E-state index is 0.110. The van der Waals surface area contributed by atoms with Crippen LogP contribution in [0.1, 0.15) is 22.2 Å². The minimum Gasteiger partial charge on any atom is -0.497 e. The molecule has 2 atom stereocenters. The van der Waals surface area contributed by atoms with Crippen molar-refractivity contribution in [3.05, 3.63) is 101 Å². The topological polar surface area (TPSA) is 66.2 Å². The Balaban J connectivity index is 1.51. The molecule has 3 heterocycles. The molecule has 1 aromatic heterocycles. The molecule has 6 rings (SSSR count). The second-order valence-corrected chi connectivity index (χ2v) is 9.22. The van der Waals surface area contributed by atoms with Gasteiger partial charge in [0.2, 0.25) is 5.13 Å². The normalized spacial score (nSPS) is 19.1. The molecule has 3 aromatic carbocycles. The average molecular weight is 467 g/mol. The number of hydrazone groups is 1. The van der Waals surface area contributed by atoms with Crippen LogP contribution in [0.25, 0.3) is 0 Å². The largest absolute Gasteiger partial charge is 0.497 e. The highest BCUT2D eigenvalue weighted by atomic mass is 32.1. The molecule has 0 unspecified atom stereocenters. The van der Waals surface area contributed by atoms with E-state index in [-0.39, 0.29) is 12.1 Å². The average Bonchev–Trinajstić information content (AvgIpc) is 3.58. The van der Waals surface area contributed by atoms with Crippen molar-refractivity contribution in [2.75, 3.05) is 17.0 Å². The van der Waals surface area contributed by atoms with Gasteiger partial charge < -0.3 is 4.74 Å². The molecule has 7 nitrogen and oxygen atoms in total. The van der Waals surface area contributed by atoms with E-state index in [0.717, 1.165) is 44.4 Å². The number of aliphatic imine (C=N–C) groups is 1. The zero-order valence-corrected chi connectivity index (χ0v) is 19.6. The highest BCUT2D eigenvalue weighted by Gasteiger charge is 2.48. The maximum atomic E-state index is 5.39. The number of para-hydroxylation sites is 1. The molecule has 4 aromatic rings. The summed E-state index contributed by atoms with van der Waals surface area (Å²) in [5, 5.41) is 17.6. The molecule has 2 aliphatic heterocycles. The van der Waals surface area contributed by atoms with Gasteiger partial charge in [0.1, 0.15) is 28.7 Å². The van der Waals surface area contributed by atoms with Gasteiger partial charge in [-0.05, 0) is 36.8 Å². The number of aryl methyl sites for hydroxylation is 1. The van der Waals surface area contributed by atoms with Crippen molar-refractivity contribution >= 4 is 33.8 Å². The number of hydrogen-bond acceptors (Lipinski definition) is 8. The third-order valence-electron chi connectivity index (χ3n) is 5.96. The molecule has 0 bridgehead atoms. The molecule has 34 heavy (non-hydrogen) atoms. The van der Waals surface area contributed by atoms with Crippen LogP contribution in [-0.2, 0) is 0 Å². The van der Waals surface area contributed by atoms with Crippen LogP contribution in [0.3, 0.4) is 0 Å². The first-order valence-electron chi connectivity index (χ1n) is 11.0. The molecule has 0 aliphatic carbocycles. The van der Waals surface area contributed by atoms with Crippen LogP contribution in [0.4, 0.5) is 10.8 Å². The van der Waals surface area contributed by atoms with E-state index in [4.69, 9.17) is 14.8 Å². The van der Waals surface area contributed by atoms with E-state index >= 15 is 0 Å². The van der Waals surface area contributed by atoms with Crippen molar-refractivity contribution in [3.8, 4) is 5.75 Å². The van der Waals surface area contributed by atoms with Gasteiger partial charge in [0.05, 0.1) is 12.8 Å². The van der Waals surface area contributed by atoms with Gasteiger partial charge in [-0.2, -0.15) is 5.10 Å². The van der Waals surface area contributed by atoms with E-state index in [0.29, 0.717) is 0 Å². The van der Waals surface area contributed by atoms with Crippen LogP contribution >= 0.6 is 11.3 Å². The summed E-state index contributed by atoms with van der Waals surface area (Å²) in [5.41, 5.74) is 3.14. The zero-order valence-electron chi connectivity index (χ0n) is 18.7. The van der Waals surface area contributed by atoms with Crippen LogP contribution < -0.4 is 14.6 Å². The number of aromatic nitrogens is 2. The predicted molar refractivity (Wildman–Crippen MR) is 136 cm³/mol. The van der Waals surface area contributed by atoms with E-state index in [2.05, 4.69) is 56.5 Å². The lowest BCUT2D eigenvalue weighted by molar-refractivity contribution is 0.414. The van der Waals surface area contributed by atoms with Crippen LogP contribution in [0.15, 0.2) is 95.0 Å². The van der Waals surface area contributed by atoms with Crippen LogP contribution in [0.5, 0.6) is 5.75 Å². The molecule has 168 valence electrons. The fourth-order valence-corrected chi connectivity index (χ4v) is 5.09. The Labute approximate surface area is 201 Å². The molecule has 0 N–H and O–H groups in total. The van der Waals surface area contributed by atoms with E-state index in [1.165, 1.54) is 11.3 Å². The minimum atomic E-state index is -0.201. The first-order chi connectivity index (χ1) is 16.7. The van der Waals surface area contributed by atoms with E-state index < -0.39 is 0 Å². The number of benzene rings is 3. The van der Waals surface area contributed by atoms with Gasteiger partial charge in [-0.1, -0.05) is 72.0 Å². The first kappa shape index (κ1) is 20.6. The summed E-state index contributed by atoms with van der Waals surface area (Å²) in [6.07, 6.45) is 0. The van der Waals surface area contributed by atoms with E-state index in [1.54, 1.807) is 7.11 Å². The van der Waals surface area contributed by atoms with Crippen molar-refractivity contribution in [3.63, 3.8) is 0 Å². The SMILES string of the molecule is COc1ccc([C@@H]2[C@@H]3N=C(c4ccccc4)N(c4nnc(C)s4)C3=NN2c2ccccc2)cc1. The summed E-state index contributed by atoms with van der Waals surface area (Å²) in [5.74, 6) is 2.51. The lowest BCUT2D eigenvalue weighted by Gasteiger charge is -2.26. The monoisotopic (exact) mass is 466 g/mol. The quantitative estimate of drug-likeness (QED) is 0.411. The van der Waals surface area contributed by atoms with Gasteiger partial charge in [-0.15, -0.1) is 10.2 Å².